The quantitative estimate of drug-likeness (QED) is 0.253. The molecule has 1 heterocycles. The Balaban J connectivity index is 2.67. The molecule has 0 unspecified atom stereocenters. The molecule has 0 saturated heterocycles. The number of rotatable bonds is 16. The van der Waals surface area contributed by atoms with Crippen LogP contribution in [0.25, 0.3) is 0 Å². The van der Waals surface area contributed by atoms with Crippen LogP contribution in [0.1, 0.15) is 11.1 Å². The number of hydrogen-bond acceptors (Lipinski definition) is 14. The summed E-state index contributed by atoms with van der Waals surface area (Å²) in [6.07, 6.45) is 0. The van der Waals surface area contributed by atoms with Gasteiger partial charge < -0.3 is 20.1 Å². The molecule has 0 fully saturated rings. The van der Waals surface area contributed by atoms with E-state index in [4.69, 9.17) is 9.47 Å². The molecule has 0 atom stereocenters. The van der Waals surface area contributed by atoms with Gasteiger partial charge in [-0.3, -0.25) is 0 Å². The third-order valence-corrected chi connectivity index (χ3v) is 9.57. The number of azo groups is 1. The van der Waals surface area contributed by atoms with Crippen molar-refractivity contribution < 1.29 is 34.7 Å². The molecule has 1 aromatic heterocycles. The number of aromatic nitrogens is 1. The Labute approximate surface area is 245 Å². The van der Waals surface area contributed by atoms with Gasteiger partial charge in [-0.05, 0) is 6.92 Å². The van der Waals surface area contributed by atoms with E-state index in [1.54, 1.807) is 6.92 Å². The van der Waals surface area contributed by atoms with E-state index in [9.17, 15) is 30.5 Å². The topological polar surface area (TPSA) is 206 Å². The number of sulfone groups is 3. The highest BCUT2D eigenvalue weighted by Gasteiger charge is 2.22. The summed E-state index contributed by atoms with van der Waals surface area (Å²) in [5.41, 5.74) is 0.417. The number of pyridine rings is 1. The van der Waals surface area contributed by atoms with Gasteiger partial charge in [0.05, 0.1) is 31.3 Å². The minimum absolute atomic E-state index is 0.0272. The SMILES string of the molecule is C=CS(=O)(=O)CCNc1nc(NCCS(=O)(=O)C=C)c(/N=N/c2cc(OC)c(S(=O)(=O)C=C)cc2OC)c(C)c1C#N. The van der Waals surface area contributed by atoms with Gasteiger partial charge in [-0.2, -0.15) is 5.26 Å². The first kappa shape index (κ1) is 33.9. The number of nitrogens with one attached hydrogen (secondary N) is 2. The molecule has 0 saturated carbocycles. The standard InChI is InChI=1S/C25H30N6O8S3/c1-7-40(32,33)12-10-27-24-18(16-26)17(4)23(25(29-24)28-11-13-41(34,35)8-2)31-30-19-14-21(39-6)22(15-20(19)38-5)42(36,37)9-3/h7-9,14-15H,1-3,10-13H2,4-6H3,(H2,27,28,29)/b31-30+. The van der Waals surface area contributed by atoms with Crippen molar-refractivity contribution in [3.05, 3.63) is 59.2 Å². The zero-order valence-electron chi connectivity index (χ0n) is 23.1. The van der Waals surface area contributed by atoms with Crippen LogP contribution in [0.5, 0.6) is 11.5 Å². The van der Waals surface area contributed by atoms with Gasteiger partial charge >= 0.3 is 0 Å². The smallest absolute Gasteiger partial charge is 0.203 e. The summed E-state index contributed by atoms with van der Waals surface area (Å²) in [5.74, 6) is -0.624. The lowest BCUT2D eigenvalue weighted by Gasteiger charge is -2.16. The van der Waals surface area contributed by atoms with Crippen LogP contribution < -0.4 is 20.1 Å². The fraction of sp³-hybridized carbons (Fsp3) is 0.280. The fourth-order valence-electron chi connectivity index (χ4n) is 3.34. The molecule has 17 heteroatoms. The molecule has 0 spiro atoms. The van der Waals surface area contributed by atoms with Gasteiger partial charge in [0.2, 0.25) is 9.84 Å². The highest BCUT2D eigenvalue weighted by Crippen LogP contribution is 2.40. The van der Waals surface area contributed by atoms with E-state index in [0.29, 0.717) is 0 Å². The Kier molecular flexibility index (Phi) is 11.4. The number of nitrogens with zero attached hydrogens (tertiary/aromatic N) is 4. The zero-order valence-corrected chi connectivity index (χ0v) is 25.6. The van der Waals surface area contributed by atoms with Crippen LogP contribution in [-0.2, 0) is 29.5 Å². The van der Waals surface area contributed by atoms with Gasteiger partial charge in [0.15, 0.2) is 25.5 Å². The summed E-state index contributed by atoms with van der Waals surface area (Å²) in [6.45, 7) is 11.2. The number of anilines is 2. The van der Waals surface area contributed by atoms with Crippen LogP contribution in [0.2, 0.25) is 0 Å². The molecule has 0 radical (unpaired) electrons. The van der Waals surface area contributed by atoms with E-state index in [-0.39, 0.29) is 75.1 Å². The molecular weight excluding hydrogens is 609 g/mol. The first-order valence-corrected chi connectivity index (χ1v) is 16.8. The number of ether oxygens (including phenoxy) is 2. The summed E-state index contributed by atoms with van der Waals surface area (Å²) in [6, 6.07) is 4.48. The maximum absolute atomic E-state index is 12.4. The average Bonchev–Trinajstić information content (AvgIpc) is 2.96. The van der Waals surface area contributed by atoms with Crippen LogP contribution in [0.3, 0.4) is 0 Å². The van der Waals surface area contributed by atoms with Crippen LogP contribution >= 0.6 is 0 Å². The molecule has 0 aliphatic carbocycles. The maximum atomic E-state index is 12.4. The molecule has 0 amide bonds. The molecule has 2 aromatic rings. The van der Waals surface area contributed by atoms with Crippen molar-refractivity contribution in [3.63, 3.8) is 0 Å². The summed E-state index contributed by atoms with van der Waals surface area (Å²) in [4.78, 5) is 4.15. The number of benzene rings is 1. The summed E-state index contributed by atoms with van der Waals surface area (Å²) >= 11 is 0. The molecule has 2 rings (SSSR count). The van der Waals surface area contributed by atoms with Crippen molar-refractivity contribution in [2.45, 2.75) is 11.8 Å². The highest BCUT2D eigenvalue weighted by molar-refractivity contribution is 7.94. The minimum Gasteiger partial charge on any atom is -0.495 e. The Morgan fingerprint density at radius 2 is 1.43 bits per heavy atom. The lowest BCUT2D eigenvalue weighted by Crippen LogP contribution is -2.17. The van der Waals surface area contributed by atoms with E-state index in [0.717, 1.165) is 16.2 Å². The predicted octanol–water partition coefficient (Wildman–Crippen LogP) is 3.55. The first-order valence-electron chi connectivity index (χ1n) is 11.9. The summed E-state index contributed by atoms with van der Waals surface area (Å²) < 4.78 is 82.8. The number of hydrogen-bond donors (Lipinski definition) is 2. The molecule has 0 bridgehead atoms. The van der Waals surface area contributed by atoms with E-state index in [2.05, 4.69) is 45.6 Å². The van der Waals surface area contributed by atoms with Crippen LogP contribution in [0.4, 0.5) is 23.0 Å². The van der Waals surface area contributed by atoms with Gasteiger partial charge in [-0.1, -0.05) is 19.7 Å². The van der Waals surface area contributed by atoms with Crippen molar-refractivity contribution in [3.8, 4) is 17.6 Å². The van der Waals surface area contributed by atoms with Crippen molar-refractivity contribution in [2.24, 2.45) is 10.2 Å². The third kappa shape index (κ3) is 8.38. The summed E-state index contributed by atoms with van der Waals surface area (Å²) in [5, 5.41) is 26.3. The second-order valence-electron chi connectivity index (χ2n) is 8.28. The third-order valence-electron chi connectivity index (χ3n) is 5.64. The van der Waals surface area contributed by atoms with Crippen molar-refractivity contribution in [1.82, 2.24) is 4.98 Å². The van der Waals surface area contributed by atoms with Gasteiger partial charge in [0.1, 0.15) is 39.7 Å². The van der Waals surface area contributed by atoms with Gasteiger partial charge in [0.25, 0.3) is 0 Å². The molecule has 0 aliphatic heterocycles. The second kappa shape index (κ2) is 14.1. The van der Waals surface area contributed by atoms with Crippen LogP contribution in [0, 0.1) is 18.3 Å². The largest absolute Gasteiger partial charge is 0.495 e. The average molecular weight is 639 g/mol. The van der Waals surface area contributed by atoms with Gasteiger partial charge in [-0.15, -0.1) is 10.2 Å². The Morgan fingerprint density at radius 3 is 1.90 bits per heavy atom. The molecule has 2 N–H and O–H groups in total. The highest BCUT2D eigenvalue weighted by atomic mass is 32.2. The van der Waals surface area contributed by atoms with E-state index in [1.807, 2.05) is 6.07 Å². The van der Waals surface area contributed by atoms with Crippen LogP contribution in [-0.4, -0.2) is 69.1 Å². The van der Waals surface area contributed by atoms with E-state index < -0.39 is 29.5 Å². The molecule has 14 nitrogen and oxygen atoms in total. The minimum atomic E-state index is -3.90. The molecule has 42 heavy (non-hydrogen) atoms. The number of nitriles is 1. The second-order valence-corrected chi connectivity index (χ2v) is 14.3. The Hall–Kier alpha value is -4.27. The zero-order chi connectivity index (χ0) is 31.7. The van der Waals surface area contributed by atoms with Crippen molar-refractivity contribution >= 4 is 52.5 Å². The molecular formula is C25H30N6O8S3. The van der Waals surface area contributed by atoms with E-state index >= 15 is 0 Å². The maximum Gasteiger partial charge on any atom is 0.203 e. The Bertz CT molecular complexity index is 1780. The lowest BCUT2D eigenvalue weighted by atomic mass is 10.1. The monoisotopic (exact) mass is 638 g/mol. The van der Waals surface area contributed by atoms with Gasteiger partial charge in [-0.25, -0.2) is 30.2 Å². The molecule has 1 aromatic carbocycles. The summed E-state index contributed by atoms with van der Waals surface area (Å²) in [7, 11) is -8.45. The first-order chi connectivity index (χ1) is 19.7. The Morgan fingerprint density at radius 1 is 0.881 bits per heavy atom. The lowest BCUT2D eigenvalue weighted by molar-refractivity contribution is 0.393. The van der Waals surface area contributed by atoms with Gasteiger partial charge in [0, 0.05) is 47.0 Å². The van der Waals surface area contributed by atoms with E-state index in [1.165, 1.54) is 26.4 Å². The molecule has 226 valence electrons. The van der Waals surface area contributed by atoms with Crippen molar-refractivity contribution in [1.29, 1.82) is 5.26 Å². The molecule has 0 aliphatic rings. The number of methoxy groups -OCH3 is 2. The van der Waals surface area contributed by atoms with Crippen molar-refractivity contribution in [2.75, 3.05) is 49.4 Å². The van der Waals surface area contributed by atoms with Crippen LogP contribution in [0.15, 0.2) is 63.2 Å². The fourth-order valence-corrected chi connectivity index (χ4v) is 5.32. The normalized spacial score (nSPS) is 11.9. The predicted molar refractivity (Wildman–Crippen MR) is 160 cm³/mol.